The van der Waals surface area contributed by atoms with Gasteiger partial charge >= 0.3 is 34.5 Å². The molecule has 0 N–H and O–H groups in total. The van der Waals surface area contributed by atoms with Crippen molar-refractivity contribution >= 4 is 30.7 Å². The molecule has 64 valence electrons. The summed E-state index contributed by atoms with van der Waals surface area (Å²) >= 11 is 3.62. The Hall–Kier alpha value is -0.527. The van der Waals surface area contributed by atoms with E-state index in [1.807, 2.05) is 24.3 Å². The van der Waals surface area contributed by atoms with Gasteiger partial charge in [0.15, 0.2) is 0 Å². The summed E-state index contributed by atoms with van der Waals surface area (Å²) in [6, 6.07) is 11.2. The summed E-state index contributed by atoms with van der Waals surface area (Å²) in [5.74, 6) is 0. The Balaban J connectivity index is 0.000000461. The molecule has 1 aromatic carbocycles. The van der Waals surface area contributed by atoms with Crippen LogP contribution in [0.2, 0.25) is 0 Å². The number of rotatable bonds is 0. The Bertz CT molecular complexity index is 460. The van der Waals surface area contributed by atoms with Crippen LogP contribution >= 0.6 is 19.8 Å². The first-order valence-electron chi connectivity index (χ1n) is 3.84. The average molecular weight is 345 g/mol. The van der Waals surface area contributed by atoms with Gasteiger partial charge in [-0.2, -0.15) is 0 Å². The molecule has 2 aromatic rings. The molecular weight excluding hydrogens is 340 g/mol. The van der Waals surface area contributed by atoms with E-state index >= 15 is 0 Å². The molecule has 2 nitrogen and oxygen atoms in total. The van der Waals surface area contributed by atoms with Crippen molar-refractivity contribution in [2.45, 2.75) is 0 Å². The zero-order chi connectivity index (χ0) is 10.4. The van der Waals surface area contributed by atoms with Crippen molar-refractivity contribution < 1.29 is 14.8 Å². The van der Waals surface area contributed by atoms with Crippen molar-refractivity contribution in [2.75, 3.05) is 0 Å². The SMILES string of the molecule is N#Cc1c[c-]nc2ccccc12.[Zn+][I]. The minimum absolute atomic E-state index is 0.626. The Morgan fingerprint density at radius 3 is 2.79 bits per heavy atom. The zero-order valence-corrected chi connectivity index (χ0v) is 12.5. The van der Waals surface area contributed by atoms with E-state index in [0.29, 0.717) is 5.56 Å². The predicted octanol–water partition coefficient (Wildman–Crippen LogP) is 2.79. The fourth-order valence-corrected chi connectivity index (χ4v) is 1.14. The van der Waals surface area contributed by atoms with Crippen LogP contribution in [0.15, 0.2) is 30.3 Å². The van der Waals surface area contributed by atoms with Gasteiger partial charge in [0.05, 0.1) is 0 Å². The Labute approximate surface area is 103 Å². The van der Waals surface area contributed by atoms with E-state index in [1.165, 1.54) is 14.8 Å². The molecule has 2 rings (SSSR count). The monoisotopic (exact) mass is 344 g/mol. The molecule has 0 amide bonds. The molecule has 0 fully saturated rings. The topological polar surface area (TPSA) is 36.7 Å². The van der Waals surface area contributed by atoms with Crippen molar-refractivity contribution in [2.24, 2.45) is 0 Å². The van der Waals surface area contributed by atoms with E-state index in [1.54, 1.807) is 6.07 Å². The van der Waals surface area contributed by atoms with Gasteiger partial charge in [-0.15, -0.1) is 6.07 Å². The molecule has 0 spiro atoms. The number of benzene rings is 1. The van der Waals surface area contributed by atoms with Crippen LogP contribution in [0.4, 0.5) is 0 Å². The first kappa shape index (κ1) is 11.5. The first-order chi connectivity index (χ1) is 6.92. The molecular formula is C10H5IN2Zn. The number of pyridine rings is 1. The summed E-state index contributed by atoms with van der Waals surface area (Å²) in [7, 11) is 0. The van der Waals surface area contributed by atoms with Crippen LogP contribution in [0.5, 0.6) is 0 Å². The molecule has 0 saturated carbocycles. The molecule has 0 saturated heterocycles. The summed E-state index contributed by atoms with van der Waals surface area (Å²) in [4.78, 5) is 4.01. The van der Waals surface area contributed by atoms with Crippen molar-refractivity contribution in [3.05, 3.63) is 42.1 Å². The third-order valence-electron chi connectivity index (χ3n) is 1.71. The van der Waals surface area contributed by atoms with E-state index in [4.69, 9.17) is 5.26 Å². The van der Waals surface area contributed by atoms with Gasteiger partial charge in [0.25, 0.3) is 0 Å². The number of nitriles is 1. The minimum atomic E-state index is 0.626. The standard InChI is InChI=1S/C10H5N2.HI.Zn/c11-7-8-5-6-12-10-4-2-1-3-9(8)10;;/h1-5H;1H;/q-1;;+2/p-1. The molecule has 0 unspecified atom stereocenters. The molecule has 0 radical (unpaired) electrons. The maximum absolute atomic E-state index is 8.74. The zero-order valence-electron chi connectivity index (χ0n) is 7.37. The number of fused-ring (bicyclic) bond motifs is 1. The van der Waals surface area contributed by atoms with E-state index in [2.05, 4.69) is 37.0 Å². The Kier molecular flexibility index (Phi) is 4.99. The molecule has 14 heavy (non-hydrogen) atoms. The Morgan fingerprint density at radius 2 is 2.07 bits per heavy atom. The van der Waals surface area contributed by atoms with Gasteiger partial charge in [0, 0.05) is 6.07 Å². The predicted molar refractivity (Wildman–Crippen MR) is 59.3 cm³/mol. The van der Waals surface area contributed by atoms with E-state index in [0.717, 1.165) is 10.9 Å². The third kappa shape index (κ3) is 2.49. The summed E-state index contributed by atoms with van der Waals surface area (Å²) in [6.07, 6.45) is 2.68. The second-order valence-electron chi connectivity index (χ2n) is 2.43. The van der Waals surface area contributed by atoms with Crippen LogP contribution in [0.1, 0.15) is 5.56 Å². The summed E-state index contributed by atoms with van der Waals surface area (Å²) in [6.45, 7) is 0. The van der Waals surface area contributed by atoms with Gasteiger partial charge in [-0.05, 0) is 11.1 Å². The second kappa shape index (κ2) is 6.05. The van der Waals surface area contributed by atoms with Crippen LogP contribution in [0.3, 0.4) is 0 Å². The van der Waals surface area contributed by atoms with Gasteiger partial charge in [0.1, 0.15) is 0 Å². The summed E-state index contributed by atoms with van der Waals surface area (Å²) in [5.41, 5.74) is 1.44. The third-order valence-corrected chi connectivity index (χ3v) is 1.71. The van der Waals surface area contributed by atoms with Gasteiger partial charge in [-0.1, -0.05) is 35.8 Å². The molecule has 4 heteroatoms. The fraction of sp³-hybridized carbons (Fsp3) is 0. The molecule has 0 bridgehead atoms. The van der Waals surface area contributed by atoms with Gasteiger partial charge in [0.2, 0.25) is 0 Å². The molecule has 0 atom stereocenters. The number of nitrogens with zero attached hydrogens (tertiary/aromatic N) is 2. The van der Waals surface area contributed by atoms with Gasteiger partial charge < -0.3 is 4.98 Å². The van der Waals surface area contributed by atoms with Crippen molar-refractivity contribution in [1.82, 2.24) is 4.98 Å². The van der Waals surface area contributed by atoms with Crippen LogP contribution in [0.25, 0.3) is 10.9 Å². The van der Waals surface area contributed by atoms with Crippen molar-refractivity contribution in [3.63, 3.8) is 0 Å². The molecule has 0 aliphatic rings. The summed E-state index contributed by atoms with van der Waals surface area (Å²) < 4.78 is 0. The summed E-state index contributed by atoms with van der Waals surface area (Å²) in [5, 5.41) is 9.63. The van der Waals surface area contributed by atoms with Crippen molar-refractivity contribution in [3.8, 4) is 6.07 Å². The van der Waals surface area contributed by atoms with E-state index in [-0.39, 0.29) is 0 Å². The van der Waals surface area contributed by atoms with E-state index in [9.17, 15) is 0 Å². The average Bonchev–Trinajstić information content (AvgIpc) is 2.31. The maximum atomic E-state index is 8.74. The molecule has 1 heterocycles. The molecule has 0 aliphatic carbocycles. The normalized spacial score (nSPS) is 8.71. The number of para-hydroxylation sites is 1. The number of hydrogen-bond donors (Lipinski definition) is 0. The van der Waals surface area contributed by atoms with Crippen LogP contribution in [-0.4, -0.2) is 4.98 Å². The van der Waals surface area contributed by atoms with Gasteiger partial charge in [-0.3, -0.25) is 0 Å². The second-order valence-corrected chi connectivity index (χ2v) is 2.43. The fourth-order valence-electron chi connectivity index (χ4n) is 1.14. The Morgan fingerprint density at radius 1 is 1.36 bits per heavy atom. The van der Waals surface area contributed by atoms with Crippen molar-refractivity contribution in [1.29, 1.82) is 5.26 Å². The van der Waals surface area contributed by atoms with Crippen LogP contribution in [-0.2, 0) is 14.8 Å². The number of halogens is 1. The first-order valence-corrected chi connectivity index (χ1v) is 12.9. The number of hydrogen-bond acceptors (Lipinski definition) is 2. The molecule has 1 aromatic heterocycles. The molecule has 0 aliphatic heterocycles. The van der Waals surface area contributed by atoms with Crippen LogP contribution in [0, 0.1) is 17.5 Å². The van der Waals surface area contributed by atoms with Gasteiger partial charge in [-0.25, -0.2) is 5.26 Å². The van der Waals surface area contributed by atoms with Crippen LogP contribution < -0.4 is 0 Å². The number of aromatic nitrogens is 1. The van der Waals surface area contributed by atoms with E-state index < -0.39 is 0 Å². The quantitative estimate of drug-likeness (QED) is 0.418.